The molecule has 0 unspecified atom stereocenters. The second-order valence-corrected chi connectivity index (χ2v) is 3.16. The highest BCUT2D eigenvalue weighted by molar-refractivity contribution is 5.81. The van der Waals surface area contributed by atoms with Crippen LogP contribution in [-0.4, -0.2) is 9.78 Å². The summed E-state index contributed by atoms with van der Waals surface area (Å²) in [5.74, 6) is 0. The first kappa shape index (κ1) is 7.98. The molecule has 2 rings (SSSR count). The van der Waals surface area contributed by atoms with Crippen LogP contribution in [0.1, 0.15) is 5.56 Å². The second-order valence-electron chi connectivity index (χ2n) is 3.16. The summed E-state index contributed by atoms with van der Waals surface area (Å²) in [5, 5.41) is 5.58. The topological polar surface area (TPSA) is 34.9 Å². The molecule has 0 aliphatic heterocycles. The Morgan fingerprint density at radius 1 is 1.38 bits per heavy atom. The van der Waals surface area contributed by atoms with Gasteiger partial charge in [0.05, 0.1) is 11.6 Å². The van der Waals surface area contributed by atoms with Gasteiger partial charge >= 0.3 is 0 Å². The first-order chi connectivity index (χ1) is 6.18. The van der Waals surface area contributed by atoms with E-state index in [2.05, 4.69) is 5.10 Å². The van der Waals surface area contributed by atoms with Crippen molar-refractivity contribution in [2.45, 2.75) is 6.92 Å². The van der Waals surface area contributed by atoms with Crippen molar-refractivity contribution in [3.05, 3.63) is 40.3 Å². The van der Waals surface area contributed by atoms with Gasteiger partial charge in [-0.25, -0.2) is 4.68 Å². The summed E-state index contributed by atoms with van der Waals surface area (Å²) in [6, 6.07) is 5.74. The fourth-order valence-corrected chi connectivity index (χ4v) is 1.36. The van der Waals surface area contributed by atoms with E-state index in [1.165, 1.54) is 4.68 Å². The SMILES string of the molecule is Cc1ccc2c(=O)n(C)ncc2c1. The van der Waals surface area contributed by atoms with Crippen LogP contribution in [0.3, 0.4) is 0 Å². The second kappa shape index (κ2) is 2.69. The van der Waals surface area contributed by atoms with Crippen molar-refractivity contribution in [2.24, 2.45) is 7.05 Å². The maximum atomic E-state index is 11.5. The molecular formula is C10H10N2O. The summed E-state index contributed by atoms with van der Waals surface area (Å²) in [7, 11) is 1.65. The van der Waals surface area contributed by atoms with Gasteiger partial charge in [-0.05, 0) is 19.1 Å². The van der Waals surface area contributed by atoms with E-state index < -0.39 is 0 Å². The van der Waals surface area contributed by atoms with Gasteiger partial charge < -0.3 is 0 Å². The van der Waals surface area contributed by atoms with E-state index in [0.29, 0.717) is 0 Å². The van der Waals surface area contributed by atoms with Crippen LogP contribution >= 0.6 is 0 Å². The normalized spacial score (nSPS) is 10.6. The minimum absolute atomic E-state index is 0.0440. The zero-order valence-electron chi connectivity index (χ0n) is 7.61. The zero-order chi connectivity index (χ0) is 9.42. The Morgan fingerprint density at radius 3 is 2.92 bits per heavy atom. The van der Waals surface area contributed by atoms with Crippen molar-refractivity contribution in [2.75, 3.05) is 0 Å². The summed E-state index contributed by atoms with van der Waals surface area (Å²) < 4.78 is 1.34. The molecule has 0 aliphatic carbocycles. The summed E-state index contributed by atoms with van der Waals surface area (Å²) in [4.78, 5) is 11.5. The molecule has 0 spiro atoms. The lowest BCUT2D eigenvalue weighted by atomic mass is 10.1. The molecule has 1 heterocycles. The minimum Gasteiger partial charge on any atom is -0.267 e. The Morgan fingerprint density at radius 2 is 2.15 bits per heavy atom. The third kappa shape index (κ3) is 1.22. The number of nitrogens with zero attached hydrogens (tertiary/aromatic N) is 2. The Bertz CT molecular complexity index is 514. The average molecular weight is 174 g/mol. The number of aromatic nitrogens is 2. The molecule has 3 heteroatoms. The fourth-order valence-electron chi connectivity index (χ4n) is 1.36. The summed E-state index contributed by atoms with van der Waals surface area (Å²) >= 11 is 0. The first-order valence-corrected chi connectivity index (χ1v) is 4.11. The molecule has 0 bridgehead atoms. The lowest BCUT2D eigenvalue weighted by Gasteiger charge is -2.00. The molecular weight excluding hydrogens is 164 g/mol. The van der Waals surface area contributed by atoms with Crippen molar-refractivity contribution in [3.63, 3.8) is 0 Å². The maximum absolute atomic E-state index is 11.5. The van der Waals surface area contributed by atoms with Crippen LogP contribution in [0, 0.1) is 6.92 Å². The zero-order valence-corrected chi connectivity index (χ0v) is 7.61. The molecule has 66 valence electrons. The predicted molar refractivity (Wildman–Crippen MR) is 51.7 cm³/mol. The van der Waals surface area contributed by atoms with Crippen LogP contribution in [0.2, 0.25) is 0 Å². The Kier molecular flexibility index (Phi) is 1.65. The minimum atomic E-state index is -0.0440. The lowest BCUT2D eigenvalue weighted by Crippen LogP contribution is -2.18. The molecule has 0 N–H and O–H groups in total. The average Bonchev–Trinajstić information content (AvgIpc) is 2.12. The summed E-state index contributed by atoms with van der Waals surface area (Å²) in [6.45, 7) is 2.00. The van der Waals surface area contributed by atoms with E-state index in [4.69, 9.17) is 0 Å². The number of fused-ring (bicyclic) bond motifs is 1. The van der Waals surface area contributed by atoms with Gasteiger partial charge in [-0.1, -0.05) is 11.6 Å². The molecule has 0 radical (unpaired) electrons. The Hall–Kier alpha value is -1.64. The van der Waals surface area contributed by atoms with Crippen LogP contribution in [0.5, 0.6) is 0 Å². The van der Waals surface area contributed by atoms with Gasteiger partial charge in [-0.2, -0.15) is 5.10 Å². The highest BCUT2D eigenvalue weighted by Gasteiger charge is 1.99. The molecule has 0 amide bonds. The molecule has 0 aliphatic rings. The quantitative estimate of drug-likeness (QED) is 0.602. The van der Waals surface area contributed by atoms with Crippen molar-refractivity contribution in [1.82, 2.24) is 9.78 Å². The van der Waals surface area contributed by atoms with Crippen molar-refractivity contribution < 1.29 is 0 Å². The third-order valence-electron chi connectivity index (χ3n) is 2.10. The Labute approximate surface area is 75.6 Å². The van der Waals surface area contributed by atoms with Crippen molar-refractivity contribution in [1.29, 1.82) is 0 Å². The van der Waals surface area contributed by atoms with E-state index in [1.807, 2.05) is 25.1 Å². The van der Waals surface area contributed by atoms with Crippen molar-refractivity contribution in [3.8, 4) is 0 Å². The van der Waals surface area contributed by atoms with Crippen LogP contribution in [0.25, 0.3) is 10.8 Å². The molecule has 1 aromatic heterocycles. The third-order valence-corrected chi connectivity index (χ3v) is 2.10. The standard InChI is InChI=1S/C10H10N2O/c1-7-3-4-9-8(5-7)6-11-12(2)10(9)13/h3-6H,1-2H3. The molecule has 3 nitrogen and oxygen atoms in total. The molecule has 0 atom stereocenters. The molecule has 0 saturated carbocycles. The van der Waals surface area contributed by atoms with Gasteiger partial charge in [0.2, 0.25) is 0 Å². The number of benzene rings is 1. The number of rotatable bonds is 0. The molecule has 2 aromatic rings. The van der Waals surface area contributed by atoms with Crippen LogP contribution in [-0.2, 0) is 7.05 Å². The van der Waals surface area contributed by atoms with E-state index >= 15 is 0 Å². The molecule has 1 aromatic carbocycles. The van der Waals surface area contributed by atoms with Gasteiger partial charge in [0, 0.05) is 12.4 Å². The van der Waals surface area contributed by atoms with Gasteiger partial charge in [-0.3, -0.25) is 4.79 Å². The van der Waals surface area contributed by atoms with E-state index in [-0.39, 0.29) is 5.56 Å². The van der Waals surface area contributed by atoms with Crippen LogP contribution in [0.15, 0.2) is 29.2 Å². The summed E-state index contributed by atoms with van der Waals surface area (Å²) in [5.41, 5.74) is 1.10. The number of hydrogen-bond donors (Lipinski definition) is 0. The van der Waals surface area contributed by atoms with Gasteiger partial charge in [0.1, 0.15) is 0 Å². The lowest BCUT2D eigenvalue weighted by molar-refractivity contribution is 0.718. The molecule has 0 fully saturated rings. The van der Waals surface area contributed by atoms with Gasteiger partial charge in [0.25, 0.3) is 5.56 Å². The maximum Gasteiger partial charge on any atom is 0.274 e. The van der Waals surface area contributed by atoms with Gasteiger partial charge in [0.15, 0.2) is 0 Å². The van der Waals surface area contributed by atoms with Crippen LogP contribution in [0.4, 0.5) is 0 Å². The first-order valence-electron chi connectivity index (χ1n) is 4.11. The van der Waals surface area contributed by atoms with Crippen LogP contribution < -0.4 is 5.56 Å². The monoisotopic (exact) mass is 174 g/mol. The number of aryl methyl sites for hydroxylation is 2. The fraction of sp³-hybridized carbons (Fsp3) is 0.200. The van der Waals surface area contributed by atoms with E-state index in [9.17, 15) is 4.79 Å². The molecule has 0 saturated heterocycles. The van der Waals surface area contributed by atoms with E-state index in [0.717, 1.165) is 16.3 Å². The number of hydrogen-bond acceptors (Lipinski definition) is 2. The Balaban J connectivity index is 2.95. The highest BCUT2D eigenvalue weighted by atomic mass is 16.1. The molecule has 13 heavy (non-hydrogen) atoms. The summed E-state index contributed by atoms with van der Waals surface area (Å²) in [6.07, 6.45) is 1.71. The van der Waals surface area contributed by atoms with Crippen molar-refractivity contribution >= 4 is 10.8 Å². The highest BCUT2D eigenvalue weighted by Crippen LogP contribution is 2.09. The van der Waals surface area contributed by atoms with Gasteiger partial charge in [-0.15, -0.1) is 0 Å². The smallest absolute Gasteiger partial charge is 0.267 e. The predicted octanol–water partition coefficient (Wildman–Crippen LogP) is 1.24. The van der Waals surface area contributed by atoms with E-state index in [1.54, 1.807) is 13.2 Å². The largest absolute Gasteiger partial charge is 0.274 e.